The standard InChI is InChI=1S/C17H17N7O/c25-17(15-8-14(22-23-15)12-4-2-6-18-9-12)21-13-5-1-3-11(7-13)16-19-10-20-24-16/h1-7,9-10,14-15,22-23H,8H2,(H,21,25)(H,19,20,24). The van der Waals surface area contributed by atoms with E-state index in [2.05, 4.69) is 36.3 Å². The number of hydrogen-bond donors (Lipinski definition) is 4. The molecule has 1 aliphatic rings. The van der Waals surface area contributed by atoms with Gasteiger partial charge in [-0.2, -0.15) is 5.10 Å². The van der Waals surface area contributed by atoms with E-state index in [9.17, 15) is 4.79 Å². The van der Waals surface area contributed by atoms with Crippen molar-refractivity contribution in [1.29, 1.82) is 0 Å². The average molecular weight is 335 g/mol. The molecule has 0 radical (unpaired) electrons. The van der Waals surface area contributed by atoms with Crippen LogP contribution in [0.25, 0.3) is 11.4 Å². The molecule has 4 rings (SSSR count). The molecule has 1 fully saturated rings. The van der Waals surface area contributed by atoms with Crippen LogP contribution in [0.1, 0.15) is 18.0 Å². The molecule has 3 aromatic rings. The SMILES string of the molecule is O=C(Nc1cccc(-c2ncn[nH]2)c1)C1CC(c2cccnc2)NN1. The van der Waals surface area contributed by atoms with Crippen molar-refractivity contribution in [3.63, 3.8) is 0 Å². The number of nitrogens with zero attached hydrogens (tertiary/aromatic N) is 3. The van der Waals surface area contributed by atoms with E-state index in [1.165, 1.54) is 6.33 Å². The van der Waals surface area contributed by atoms with Crippen LogP contribution >= 0.6 is 0 Å². The van der Waals surface area contributed by atoms with Crippen LogP contribution in [0, 0.1) is 0 Å². The van der Waals surface area contributed by atoms with Gasteiger partial charge in [0.1, 0.15) is 12.4 Å². The monoisotopic (exact) mass is 335 g/mol. The summed E-state index contributed by atoms with van der Waals surface area (Å²) in [6, 6.07) is 11.1. The van der Waals surface area contributed by atoms with Crippen molar-refractivity contribution in [2.24, 2.45) is 0 Å². The second-order valence-corrected chi connectivity index (χ2v) is 5.82. The normalized spacial score (nSPS) is 19.7. The molecular weight excluding hydrogens is 318 g/mol. The highest BCUT2D eigenvalue weighted by atomic mass is 16.2. The van der Waals surface area contributed by atoms with Gasteiger partial charge in [0.15, 0.2) is 5.82 Å². The Labute approximate surface area is 144 Å². The van der Waals surface area contributed by atoms with Crippen LogP contribution in [0.3, 0.4) is 0 Å². The number of H-pyrrole nitrogens is 1. The minimum absolute atomic E-state index is 0.0602. The maximum atomic E-state index is 12.5. The molecule has 8 nitrogen and oxygen atoms in total. The van der Waals surface area contributed by atoms with E-state index in [0.29, 0.717) is 17.9 Å². The third kappa shape index (κ3) is 3.39. The van der Waals surface area contributed by atoms with Gasteiger partial charge in [0.25, 0.3) is 0 Å². The fourth-order valence-corrected chi connectivity index (χ4v) is 2.85. The Hall–Kier alpha value is -3.10. The minimum Gasteiger partial charge on any atom is -0.325 e. The number of nitrogens with one attached hydrogen (secondary N) is 4. The van der Waals surface area contributed by atoms with Gasteiger partial charge in [-0.3, -0.25) is 14.9 Å². The van der Waals surface area contributed by atoms with Crippen LogP contribution in [0.2, 0.25) is 0 Å². The number of pyridine rings is 1. The molecule has 1 aromatic carbocycles. The van der Waals surface area contributed by atoms with Crippen molar-refractivity contribution in [3.8, 4) is 11.4 Å². The molecule has 2 aromatic heterocycles. The predicted octanol–water partition coefficient (Wildman–Crippen LogP) is 1.41. The Morgan fingerprint density at radius 1 is 1.20 bits per heavy atom. The molecule has 2 atom stereocenters. The third-order valence-electron chi connectivity index (χ3n) is 4.13. The lowest BCUT2D eigenvalue weighted by atomic mass is 10.0. The van der Waals surface area contributed by atoms with Crippen molar-refractivity contribution < 1.29 is 4.79 Å². The van der Waals surface area contributed by atoms with E-state index in [0.717, 1.165) is 11.1 Å². The highest BCUT2D eigenvalue weighted by Crippen LogP contribution is 2.23. The number of carbonyl (C=O) groups is 1. The van der Waals surface area contributed by atoms with Crippen molar-refractivity contribution in [2.45, 2.75) is 18.5 Å². The molecule has 4 N–H and O–H groups in total. The highest BCUT2D eigenvalue weighted by Gasteiger charge is 2.30. The van der Waals surface area contributed by atoms with Gasteiger partial charge < -0.3 is 5.32 Å². The summed E-state index contributed by atoms with van der Waals surface area (Å²) < 4.78 is 0. The molecule has 25 heavy (non-hydrogen) atoms. The summed E-state index contributed by atoms with van der Waals surface area (Å²) in [7, 11) is 0. The number of aromatic amines is 1. The fourth-order valence-electron chi connectivity index (χ4n) is 2.85. The molecule has 0 aliphatic carbocycles. The van der Waals surface area contributed by atoms with Crippen molar-refractivity contribution in [1.82, 2.24) is 31.0 Å². The summed E-state index contributed by atoms with van der Waals surface area (Å²) in [6.45, 7) is 0. The minimum atomic E-state index is -0.320. The van der Waals surface area contributed by atoms with Gasteiger partial charge in [-0.05, 0) is 30.2 Å². The largest absolute Gasteiger partial charge is 0.325 e. The van der Waals surface area contributed by atoms with Crippen LogP contribution < -0.4 is 16.2 Å². The summed E-state index contributed by atoms with van der Waals surface area (Å²) in [5.41, 5.74) is 8.83. The molecule has 1 aliphatic heterocycles. The number of hydrazine groups is 1. The van der Waals surface area contributed by atoms with Crippen LogP contribution in [-0.4, -0.2) is 32.1 Å². The first-order chi connectivity index (χ1) is 12.3. The maximum Gasteiger partial charge on any atom is 0.242 e. The number of rotatable bonds is 4. The van der Waals surface area contributed by atoms with E-state index >= 15 is 0 Å². The Bertz CT molecular complexity index is 850. The second-order valence-electron chi connectivity index (χ2n) is 5.82. The molecule has 1 amide bonds. The van der Waals surface area contributed by atoms with Crippen molar-refractivity contribution in [3.05, 3.63) is 60.7 Å². The van der Waals surface area contributed by atoms with Gasteiger partial charge in [0.2, 0.25) is 5.91 Å². The molecule has 2 unspecified atom stereocenters. The molecule has 0 spiro atoms. The van der Waals surface area contributed by atoms with Gasteiger partial charge >= 0.3 is 0 Å². The third-order valence-corrected chi connectivity index (χ3v) is 4.13. The first-order valence-corrected chi connectivity index (χ1v) is 7.97. The van der Waals surface area contributed by atoms with E-state index in [1.54, 1.807) is 12.4 Å². The molecule has 0 saturated carbocycles. The zero-order valence-electron chi connectivity index (χ0n) is 13.3. The van der Waals surface area contributed by atoms with Crippen molar-refractivity contribution >= 4 is 11.6 Å². The topological polar surface area (TPSA) is 108 Å². The number of benzene rings is 1. The van der Waals surface area contributed by atoms with Crippen LogP contribution in [0.5, 0.6) is 0 Å². The lowest BCUT2D eigenvalue weighted by molar-refractivity contribution is -0.117. The van der Waals surface area contributed by atoms with Crippen LogP contribution in [-0.2, 0) is 4.79 Å². The Kier molecular flexibility index (Phi) is 4.19. The van der Waals surface area contributed by atoms with Gasteiger partial charge in [-0.15, -0.1) is 0 Å². The van der Waals surface area contributed by atoms with Gasteiger partial charge in [0, 0.05) is 29.7 Å². The lowest BCUT2D eigenvalue weighted by Crippen LogP contribution is -2.39. The summed E-state index contributed by atoms with van der Waals surface area (Å²) in [5.74, 6) is 0.571. The molecular formula is C17H17N7O. The predicted molar refractivity (Wildman–Crippen MR) is 92.1 cm³/mol. The Morgan fingerprint density at radius 2 is 2.16 bits per heavy atom. The van der Waals surface area contributed by atoms with E-state index < -0.39 is 0 Å². The summed E-state index contributed by atoms with van der Waals surface area (Å²) in [5, 5.41) is 9.59. The number of amides is 1. The van der Waals surface area contributed by atoms with Gasteiger partial charge in [-0.25, -0.2) is 15.8 Å². The molecule has 1 saturated heterocycles. The zero-order chi connectivity index (χ0) is 17.1. The average Bonchev–Trinajstić information content (AvgIpc) is 3.35. The Morgan fingerprint density at radius 3 is 2.96 bits per heavy atom. The van der Waals surface area contributed by atoms with Gasteiger partial charge in [0.05, 0.1) is 0 Å². The van der Waals surface area contributed by atoms with Crippen LogP contribution in [0.15, 0.2) is 55.1 Å². The van der Waals surface area contributed by atoms with E-state index in [4.69, 9.17) is 0 Å². The van der Waals surface area contributed by atoms with E-state index in [1.807, 2.05) is 36.4 Å². The summed E-state index contributed by atoms with van der Waals surface area (Å²) >= 11 is 0. The Balaban J connectivity index is 1.42. The molecule has 3 heterocycles. The number of aromatic nitrogens is 4. The quantitative estimate of drug-likeness (QED) is 0.574. The summed E-state index contributed by atoms with van der Waals surface area (Å²) in [6.07, 6.45) is 5.64. The van der Waals surface area contributed by atoms with Crippen molar-refractivity contribution in [2.75, 3.05) is 5.32 Å². The number of carbonyl (C=O) groups excluding carboxylic acids is 1. The first-order valence-electron chi connectivity index (χ1n) is 7.97. The van der Waals surface area contributed by atoms with E-state index in [-0.39, 0.29) is 18.0 Å². The van der Waals surface area contributed by atoms with Crippen LogP contribution in [0.4, 0.5) is 5.69 Å². The summed E-state index contributed by atoms with van der Waals surface area (Å²) in [4.78, 5) is 20.8. The second kappa shape index (κ2) is 6.80. The van der Waals surface area contributed by atoms with Gasteiger partial charge in [-0.1, -0.05) is 18.2 Å². The smallest absolute Gasteiger partial charge is 0.242 e. The highest BCUT2D eigenvalue weighted by molar-refractivity contribution is 5.95. The fraction of sp³-hybridized carbons (Fsp3) is 0.176. The maximum absolute atomic E-state index is 12.5. The number of anilines is 1. The molecule has 126 valence electrons. The number of hydrogen-bond acceptors (Lipinski definition) is 6. The zero-order valence-corrected chi connectivity index (χ0v) is 13.3. The lowest BCUT2D eigenvalue weighted by Gasteiger charge is -2.11. The first kappa shape index (κ1) is 15.4. The molecule has 0 bridgehead atoms. The molecule has 8 heteroatoms.